The first-order valence-electron chi connectivity index (χ1n) is 29.9. The van der Waals surface area contributed by atoms with Gasteiger partial charge in [0.05, 0.1) is 6.61 Å². The molecule has 0 atom stereocenters. The zero-order valence-corrected chi connectivity index (χ0v) is 44.7. The van der Waals surface area contributed by atoms with E-state index in [1.165, 1.54) is 250 Å². The summed E-state index contributed by atoms with van der Waals surface area (Å²) in [4.78, 5) is 39.9. The third kappa shape index (κ3) is 40.0. The van der Waals surface area contributed by atoms with Crippen LogP contribution in [0.4, 0.5) is 0 Å². The second kappa shape index (κ2) is 49.5. The van der Waals surface area contributed by atoms with Gasteiger partial charge < -0.3 is 4.74 Å². The summed E-state index contributed by atoms with van der Waals surface area (Å²) in [5.74, 6) is 0.0759. The molecule has 0 aliphatic heterocycles. The number of ether oxygens (including phenoxy) is 1. The van der Waals surface area contributed by atoms with Crippen molar-refractivity contribution >= 4 is 17.5 Å². The van der Waals surface area contributed by atoms with Crippen LogP contribution in [0, 0.1) is 0 Å². The highest BCUT2D eigenvalue weighted by atomic mass is 16.5. The van der Waals surface area contributed by atoms with Gasteiger partial charge in [0.25, 0.3) is 0 Å². The number of rotatable bonds is 53. The largest absolute Gasteiger partial charge is 0.465 e. The average Bonchev–Trinajstić information content (AvgIpc) is 3.32. The Bertz CT molecular complexity index is 1220. The number of carbonyl (C=O) groups excluding carboxylic acids is 3. The van der Waals surface area contributed by atoms with Crippen LogP contribution in [0.1, 0.15) is 355 Å². The molecule has 0 aliphatic rings. The minimum Gasteiger partial charge on any atom is -0.465 e. The van der Waals surface area contributed by atoms with Crippen molar-refractivity contribution in [2.24, 2.45) is 0 Å². The SMILES string of the molecule is CCCCCCCCCCCCCCCCCC(=O)OCCc1ccc(C(=O)CCCCCCCCCCCCCCCCC)c(C(=O)CCCCCCCCCCCCCCCCC)c1. The third-order valence-electron chi connectivity index (χ3n) is 14.3. The van der Waals surface area contributed by atoms with Gasteiger partial charge in [-0.25, -0.2) is 0 Å². The fourth-order valence-electron chi connectivity index (χ4n) is 9.80. The summed E-state index contributed by atoms with van der Waals surface area (Å²) in [6, 6.07) is 5.81. The van der Waals surface area contributed by atoms with Crippen molar-refractivity contribution < 1.29 is 19.1 Å². The summed E-state index contributed by atoms with van der Waals surface area (Å²) in [5, 5.41) is 0. The van der Waals surface area contributed by atoms with E-state index in [0.29, 0.717) is 43.4 Å². The van der Waals surface area contributed by atoms with Crippen LogP contribution in [0.15, 0.2) is 18.2 Å². The number of Topliss-reactive ketones (excluding diaryl/α,β-unsaturated/α-hetero) is 2. The van der Waals surface area contributed by atoms with Crippen LogP contribution in [0.3, 0.4) is 0 Å². The number of carbonyl (C=O) groups is 3. The van der Waals surface area contributed by atoms with Crippen molar-refractivity contribution in [1.82, 2.24) is 0 Å². The van der Waals surface area contributed by atoms with Gasteiger partial charge in [-0.05, 0) is 30.9 Å². The van der Waals surface area contributed by atoms with E-state index < -0.39 is 0 Å². The van der Waals surface area contributed by atoms with Gasteiger partial charge in [-0.1, -0.05) is 303 Å². The van der Waals surface area contributed by atoms with Gasteiger partial charge >= 0.3 is 5.97 Å². The van der Waals surface area contributed by atoms with Crippen LogP contribution in [0.5, 0.6) is 0 Å². The Morgan fingerprint density at radius 2 is 0.576 bits per heavy atom. The Balaban J connectivity index is 2.42. The minimum absolute atomic E-state index is 0.0940. The number of ketones is 2. The predicted molar refractivity (Wildman–Crippen MR) is 288 cm³/mol. The first-order chi connectivity index (χ1) is 32.5. The maximum atomic E-state index is 13.7. The highest BCUT2D eigenvalue weighted by molar-refractivity contribution is 6.09. The molecule has 1 aromatic carbocycles. The lowest BCUT2D eigenvalue weighted by Gasteiger charge is -2.12. The van der Waals surface area contributed by atoms with Crippen molar-refractivity contribution in [2.45, 2.75) is 335 Å². The third-order valence-corrected chi connectivity index (χ3v) is 14.3. The number of esters is 1. The second-order valence-corrected chi connectivity index (χ2v) is 20.8. The molecule has 384 valence electrons. The average molecular weight is 922 g/mol. The van der Waals surface area contributed by atoms with Crippen molar-refractivity contribution in [3.63, 3.8) is 0 Å². The number of hydrogen-bond donors (Lipinski definition) is 0. The molecule has 0 aliphatic carbocycles. The Kier molecular flexibility index (Phi) is 46.5. The molecular weight excluding hydrogens is 809 g/mol. The molecule has 0 spiro atoms. The number of hydrogen-bond acceptors (Lipinski definition) is 4. The van der Waals surface area contributed by atoms with Gasteiger partial charge in [0.15, 0.2) is 11.6 Å². The van der Waals surface area contributed by atoms with E-state index >= 15 is 0 Å². The summed E-state index contributed by atoms with van der Waals surface area (Å²) in [5.41, 5.74) is 2.16. The Morgan fingerprint density at radius 3 is 0.879 bits per heavy atom. The molecule has 0 amide bonds. The van der Waals surface area contributed by atoms with Crippen LogP contribution in [-0.4, -0.2) is 24.1 Å². The topological polar surface area (TPSA) is 60.4 Å². The summed E-state index contributed by atoms with van der Waals surface area (Å²) < 4.78 is 5.65. The molecule has 0 heterocycles. The van der Waals surface area contributed by atoms with Crippen LogP contribution >= 0.6 is 0 Å². The first kappa shape index (κ1) is 62.0. The van der Waals surface area contributed by atoms with Crippen LogP contribution in [0.2, 0.25) is 0 Å². The normalized spacial score (nSPS) is 11.4. The van der Waals surface area contributed by atoms with E-state index in [-0.39, 0.29) is 17.5 Å². The standard InChI is InChI=1S/C62H112O4/c1-4-7-10-13-16-19-22-25-28-31-34-37-40-43-46-49-60(63)58-53-52-57(54-55-66-62(65)51-48-45-42-39-36-33-30-27-24-21-18-15-12-9-6-3)56-59(58)61(64)50-47-44-41-38-35-32-29-26-23-20-17-14-11-8-5-2/h52-53,56H,4-51,54-55H2,1-3H3. The molecule has 0 radical (unpaired) electrons. The smallest absolute Gasteiger partial charge is 0.305 e. The summed E-state index contributed by atoms with van der Waals surface area (Å²) in [6.07, 6.45) is 60.7. The first-order valence-corrected chi connectivity index (χ1v) is 29.9. The lowest BCUT2D eigenvalue weighted by Crippen LogP contribution is -2.12. The lowest BCUT2D eigenvalue weighted by molar-refractivity contribution is -0.143. The predicted octanol–water partition coefficient (Wildman–Crippen LogP) is 20.9. The molecular formula is C62H112O4. The zero-order valence-electron chi connectivity index (χ0n) is 44.7. The molecule has 0 fully saturated rings. The molecule has 1 rings (SSSR count). The Labute approximate surface area is 411 Å². The fraction of sp³-hybridized carbons (Fsp3) is 0.855. The molecule has 4 nitrogen and oxygen atoms in total. The highest BCUT2D eigenvalue weighted by Crippen LogP contribution is 2.22. The second-order valence-electron chi connectivity index (χ2n) is 20.8. The molecule has 1 aromatic rings. The number of unbranched alkanes of at least 4 members (excludes halogenated alkanes) is 42. The molecule has 0 saturated carbocycles. The molecule has 66 heavy (non-hydrogen) atoms. The lowest BCUT2D eigenvalue weighted by atomic mass is 9.92. The fourth-order valence-corrected chi connectivity index (χ4v) is 9.80. The van der Waals surface area contributed by atoms with Gasteiger partial charge in [0.1, 0.15) is 0 Å². The summed E-state index contributed by atoms with van der Waals surface area (Å²) in [6.45, 7) is 7.17. The van der Waals surface area contributed by atoms with Crippen molar-refractivity contribution in [3.8, 4) is 0 Å². The van der Waals surface area contributed by atoms with E-state index in [9.17, 15) is 14.4 Å². The van der Waals surface area contributed by atoms with Crippen molar-refractivity contribution in [2.75, 3.05) is 6.61 Å². The molecule has 0 saturated heterocycles. The van der Waals surface area contributed by atoms with Gasteiger partial charge in [-0.3, -0.25) is 14.4 Å². The number of benzene rings is 1. The van der Waals surface area contributed by atoms with Crippen molar-refractivity contribution in [3.05, 3.63) is 34.9 Å². The summed E-state index contributed by atoms with van der Waals surface area (Å²) in [7, 11) is 0. The van der Waals surface area contributed by atoms with Gasteiger partial charge in [0.2, 0.25) is 0 Å². The molecule has 0 N–H and O–H groups in total. The van der Waals surface area contributed by atoms with E-state index in [2.05, 4.69) is 20.8 Å². The minimum atomic E-state index is -0.121. The van der Waals surface area contributed by atoms with Crippen LogP contribution in [-0.2, 0) is 16.0 Å². The molecule has 0 aromatic heterocycles. The van der Waals surface area contributed by atoms with E-state index in [1.807, 2.05) is 18.2 Å². The highest BCUT2D eigenvalue weighted by Gasteiger charge is 2.18. The van der Waals surface area contributed by atoms with Crippen molar-refractivity contribution in [1.29, 1.82) is 0 Å². The summed E-state index contributed by atoms with van der Waals surface area (Å²) >= 11 is 0. The van der Waals surface area contributed by atoms with Gasteiger partial charge in [0, 0.05) is 36.8 Å². The van der Waals surface area contributed by atoms with Gasteiger partial charge in [-0.15, -0.1) is 0 Å². The van der Waals surface area contributed by atoms with Crippen LogP contribution < -0.4 is 0 Å². The molecule has 0 unspecified atom stereocenters. The Morgan fingerprint density at radius 1 is 0.318 bits per heavy atom. The van der Waals surface area contributed by atoms with E-state index in [4.69, 9.17) is 4.74 Å². The zero-order chi connectivity index (χ0) is 47.6. The quantitative estimate of drug-likeness (QED) is 0.0371. The van der Waals surface area contributed by atoms with Crippen LogP contribution in [0.25, 0.3) is 0 Å². The maximum absolute atomic E-state index is 13.7. The molecule has 4 heteroatoms. The van der Waals surface area contributed by atoms with E-state index in [1.54, 1.807) is 0 Å². The monoisotopic (exact) mass is 921 g/mol. The van der Waals surface area contributed by atoms with Gasteiger partial charge in [-0.2, -0.15) is 0 Å². The van der Waals surface area contributed by atoms with E-state index in [0.717, 1.165) is 44.1 Å². The maximum Gasteiger partial charge on any atom is 0.305 e. The Hall–Kier alpha value is -1.97. The molecule has 0 bridgehead atoms.